The summed E-state index contributed by atoms with van der Waals surface area (Å²) in [6.45, 7) is 0.565. The van der Waals surface area contributed by atoms with E-state index in [1.807, 2.05) is 0 Å². The number of hydrogen-bond donors (Lipinski definition) is 1. The summed E-state index contributed by atoms with van der Waals surface area (Å²) in [6, 6.07) is 6.78. The maximum absolute atomic E-state index is 12.5. The van der Waals surface area contributed by atoms with Crippen LogP contribution in [0.4, 0.5) is 18.0 Å². The molecule has 0 fully saturated rings. The second kappa shape index (κ2) is 6.19. The van der Waals surface area contributed by atoms with Crippen molar-refractivity contribution in [2.24, 2.45) is 0 Å². The van der Waals surface area contributed by atoms with Crippen LogP contribution in [0.2, 0.25) is 0 Å². The average molecular weight is 350 g/mol. The maximum Gasteiger partial charge on any atom is 0.433 e. The summed E-state index contributed by atoms with van der Waals surface area (Å²) >= 11 is 0. The number of amides is 1. The molecule has 1 N–H and O–H groups in total. The molecule has 0 spiro atoms. The van der Waals surface area contributed by atoms with Gasteiger partial charge >= 0.3 is 12.3 Å². The Hall–Kier alpha value is -2.90. The molecular weight excluding hydrogens is 337 g/mol. The van der Waals surface area contributed by atoms with E-state index in [-0.39, 0.29) is 17.7 Å². The number of carbonyl (C=O) groups excluding carboxylic acids is 1. The predicted octanol–water partition coefficient (Wildman–Crippen LogP) is 3.37. The van der Waals surface area contributed by atoms with Gasteiger partial charge in [0.15, 0.2) is 5.78 Å². The van der Waals surface area contributed by atoms with Crippen molar-refractivity contribution >= 4 is 11.9 Å². The topological polar surface area (TPSA) is 70.5 Å². The van der Waals surface area contributed by atoms with Crippen molar-refractivity contribution in [2.45, 2.75) is 19.1 Å². The fourth-order valence-corrected chi connectivity index (χ4v) is 2.72. The van der Waals surface area contributed by atoms with E-state index in [0.717, 1.165) is 29.5 Å². The third-order valence-corrected chi connectivity index (χ3v) is 4.07. The quantitative estimate of drug-likeness (QED) is 0.843. The molecule has 25 heavy (non-hydrogen) atoms. The first-order valence-electron chi connectivity index (χ1n) is 7.43. The number of benzene rings is 1. The Morgan fingerprint density at radius 3 is 2.40 bits per heavy atom. The molecule has 1 aliphatic rings. The average Bonchev–Trinajstić information content (AvgIpc) is 2.59. The molecule has 2 aromatic rings. The summed E-state index contributed by atoms with van der Waals surface area (Å²) in [5.41, 5.74) is 0.942. The molecule has 1 aromatic carbocycles. The summed E-state index contributed by atoms with van der Waals surface area (Å²) in [4.78, 5) is 28.1. The van der Waals surface area contributed by atoms with Crippen molar-refractivity contribution in [3.05, 3.63) is 64.5 Å². The number of nitrogens with zero attached hydrogens (tertiary/aromatic N) is 2. The number of carboxylic acid groups (broad SMARTS) is 1. The number of fused-ring (bicyclic) bond motifs is 1. The molecule has 3 rings (SSSR count). The van der Waals surface area contributed by atoms with Crippen LogP contribution in [-0.2, 0) is 19.1 Å². The highest BCUT2D eigenvalue weighted by molar-refractivity contribution is 6.08. The van der Waals surface area contributed by atoms with Gasteiger partial charge in [-0.2, -0.15) is 13.2 Å². The number of ketones is 1. The van der Waals surface area contributed by atoms with E-state index in [1.165, 1.54) is 4.90 Å². The Labute approximate surface area is 140 Å². The van der Waals surface area contributed by atoms with Gasteiger partial charge in [-0.05, 0) is 35.7 Å². The minimum Gasteiger partial charge on any atom is -0.465 e. The normalized spacial score (nSPS) is 14.1. The molecule has 130 valence electrons. The van der Waals surface area contributed by atoms with E-state index in [4.69, 9.17) is 5.11 Å². The largest absolute Gasteiger partial charge is 0.465 e. The monoisotopic (exact) mass is 350 g/mol. The molecule has 0 atom stereocenters. The number of aromatic nitrogens is 1. The zero-order valence-electron chi connectivity index (χ0n) is 12.9. The lowest BCUT2D eigenvalue weighted by Crippen LogP contribution is -2.34. The first kappa shape index (κ1) is 16.9. The molecule has 1 aromatic heterocycles. The van der Waals surface area contributed by atoms with Gasteiger partial charge in [0, 0.05) is 30.4 Å². The summed E-state index contributed by atoms with van der Waals surface area (Å²) in [5, 5.41) is 9.07. The van der Waals surface area contributed by atoms with Gasteiger partial charge < -0.3 is 10.0 Å². The van der Waals surface area contributed by atoms with Crippen LogP contribution in [0, 0.1) is 0 Å². The minimum absolute atomic E-state index is 0.0406. The summed E-state index contributed by atoms with van der Waals surface area (Å²) in [5.74, 6) is -0.462. The van der Waals surface area contributed by atoms with E-state index >= 15 is 0 Å². The first-order valence-corrected chi connectivity index (χ1v) is 7.43. The Morgan fingerprint density at radius 2 is 1.80 bits per heavy atom. The SMILES string of the molecule is O=C(c1ccc(C(F)(F)F)nc1)c1ccc2c(c1)CN(C(=O)O)CC2. The highest BCUT2D eigenvalue weighted by atomic mass is 19.4. The molecule has 8 heteroatoms. The van der Waals surface area contributed by atoms with E-state index in [9.17, 15) is 22.8 Å². The highest BCUT2D eigenvalue weighted by Gasteiger charge is 2.32. The van der Waals surface area contributed by atoms with Gasteiger partial charge in [0.2, 0.25) is 0 Å². The lowest BCUT2D eigenvalue weighted by Gasteiger charge is -2.26. The zero-order chi connectivity index (χ0) is 18.2. The third kappa shape index (κ3) is 3.47. The van der Waals surface area contributed by atoms with Crippen molar-refractivity contribution in [1.29, 1.82) is 0 Å². The van der Waals surface area contributed by atoms with E-state index in [2.05, 4.69) is 4.98 Å². The molecule has 0 bridgehead atoms. The third-order valence-electron chi connectivity index (χ3n) is 4.07. The van der Waals surface area contributed by atoms with E-state index < -0.39 is 23.7 Å². The van der Waals surface area contributed by atoms with E-state index in [1.54, 1.807) is 18.2 Å². The molecule has 1 amide bonds. The molecule has 0 saturated heterocycles. The number of pyridine rings is 1. The molecule has 0 radical (unpaired) electrons. The standard InChI is InChI=1S/C17H13F3N2O3/c18-17(19,20)14-4-3-12(8-21-14)15(23)11-2-1-10-5-6-22(16(24)25)9-13(10)7-11/h1-4,7-8H,5-6,9H2,(H,24,25). The Morgan fingerprint density at radius 1 is 1.08 bits per heavy atom. The Bertz CT molecular complexity index is 832. The Kier molecular flexibility index (Phi) is 4.20. The molecule has 0 saturated carbocycles. The van der Waals surface area contributed by atoms with Crippen LogP contribution in [-0.4, -0.2) is 33.4 Å². The van der Waals surface area contributed by atoms with E-state index in [0.29, 0.717) is 13.0 Å². The van der Waals surface area contributed by atoms with Crippen LogP contribution in [0.3, 0.4) is 0 Å². The van der Waals surface area contributed by atoms with Crippen molar-refractivity contribution in [2.75, 3.05) is 6.54 Å². The van der Waals surface area contributed by atoms with Gasteiger partial charge in [-0.15, -0.1) is 0 Å². The van der Waals surface area contributed by atoms with Gasteiger partial charge in [-0.3, -0.25) is 9.78 Å². The number of rotatable bonds is 2. The van der Waals surface area contributed by atoms with Crippen LogP contribution in [0.1, 0.15) is 32.7 Å². The maximum atomic E-state index is 12.5. The lowest BCUT2D eigenvalue weighted by atomic mass is 9.95. The smallest absolute Gasteiger partial charge is 0.433 e. The highest BCUT2D eigenvalue weighted by Crippen LogP contribution is 2.28. The van der Waals surface area contributed by atoms with Gasteiger partial charge in [0.05, 0.1) is 0 Å². The lowest BCUT2D eigenvalue weighted by molar-refractivity contribution is -0.141. The van der Waals surface area contributed by atoms with Gasteiger partial charge in [-0.25, -0.2) is 4.79 Å². The number of alkyl halides is 3. The Balaban J connectivity index is 1.86. The molecule has 0 unspecified atom stereocenters. The summed E-state index contributed by atoms with van der Waals surface area (Å²) in [6.07, 6.45) is -4.14. The fourth-order valence-electron chi connectivity index (χ4n) is 2.72. The van der Waals surface area contributed by atoms with Crippen LogP contribution in [0.15, 0.2) is 36.5 Å². The minimum atomic E-state index is -4.56. The summed E-state index contributed by atoms with van der Waals surface area (Å²) in [7, 11) is 0. The zero-order valence-corrected chi connectivity index (χ0v) is 12.9. The second-order valence-electron chi connectivity index (χ2n) is 5.70. The second-order valence-corrected chi connectivity index (χ2v) is 5.70. The molecule has 2 heterocycles. The number of hydrogen-bond acceptors (Lipinski definition) is 3. The van der Waals surface area contributed by atoms with Crippen LogP contribution in [0.5, 0.6) is 0 Å². The fraction of sp³-hybridized carbons (Fsp3) is 0.235. The molecular formula is C17H13F3N2O3. The van der Waals surface area contributed by atoms with Gasteiger partial charge in [0.25, 0.3) is 0 Å². The molecule has 5 nitrogen and oxygen atoms in total. The number of halogens is 3. The van der Waals surface area contributed by atoms with Crippen molar-refractivity contribution in [1.82, 2.24) is 9.88 Å². The number of carbonyl (C=O) groups is 2. The van der Waals surface area contributed by atoms with Crippen LogP contribution >= 0.6 is 0 Å². The van der Waals surface area contributed by atoms with Crippen molar-refractivity contribution < 1.29 is 27.9 Å². The van der Waals surface area contributed by atoms with Crippen LogP contribution < -0.4 is 0 Å². The van der Waals surface area contributed by atoms with Gasteiger partial charge in [-0.1, -0.05) is 12.1 Å². The predicted molar refractivity (Wildman–Crippen MR) is 81.3 cm³/mol. The van der Waals surface area contributed by atoms with Gasteiger partial charge in [0.1, 0.15) is 5.69 Å². The van der Waals surface area contributed by atoms with Crippen molar-refractivity contribution in [3.63, 3.8) is 0 Å². The van der Waals surface area contributed by atoms with Crippen molar-refractivity contribution in [3.8, 4) is 0 Å². The first-order chi connectivity index (χ1) is 11.8. The summed E-state index contributed by atoms with van der Waals surface area (Å²) < 4.78 is 37.6. The molecule has 1 aliphatic heterocycles. The molecule has 0 aliphatic carbocycles. The van der Waals surface area contributed by atoms with Crippen LogP contribution in [0.25, 0.3) is 0 Å².